The lowest BCUT2D eigenvalue weighted by molar-refractivity contribution is -0.384. The average Bonchev–Trinajstić information content (AvgIpc) is 2.76. The number of esters is 1. The van der Waals surface area contributed by atoms with Crippen LogP contribution in [0, 0.1) is 21.4 Å². The van der Waals surface area contributed by atoms with Gasteiger partial charge in [-0.05, 0) is 29.8 Å². The second kappa shape index (κ2) is 10.2. The summed E-state index contributed by atoms with van der Waals surface area (Å²) in [4.78, 5) is 34.4. The number of non-ortho nitro benzene ring substituents is 1. The van der Waals surface area contributed by atoms with E-state index in [0.29, 0.717) is 11.3 Å². The number of amides is 1. The van der Waals surface area contributed by atoms with E-state index in [2.05, 4.69) is 5.32 Å². The maximum atomic E-state index is 12.1. The van der Waals surface area contributed by atoms with Gasteiger partial charge >= 0.3 is 5.97 Å². The molecule has 0 saturated carbocycles. The van der Waals surface area contributed by atoms with E-state index >= 15 is 0 Å². The van der Waals surface area contributed by atoms with E-state index in [-0.39, 0.29) is 22.7 Å². The van der Waals surface area contributed by atoms with Crippen molar-refractivity contribution in [2.75, 3.05) is 26.1 Å². The lowest BCUT2D eigenvalue weighted by Gasteiger charge is -2.10. The average molecular weight is 411 g/mol. The van der Waals surface area contributed by atoms with E-state index in [1.807, 2.05) is 0 Å². The van der Waals surface area contributed by atoms with Crippen LogP contribution in [-0.4, -0.2) is 37.6 Å². The molecule has 0 aliphatic carbocycles. The SMILES string of the molecule is COc1cccc(/C=C(\C#N)C(=O)OCC(=O)Nc2ccc([N+](=O)[O-])cc2OC)c1. The Kier molecular flexibility index (Phi) is 7.47. The van der Waals surface area contributed by atoms with Crippen molar-refractivity contribution in [2.24, 2.45) is 0 Å². The van der Waals surface area contributed by atoms with E-state index in [1.165, 1.54) is 32.4 Å². The zero-order valence-corrected chi connectivity index (χ0v) is 16.1. The number of nitro benzene ring substituents is 1. The minimum Gasteiger partial charge on any atom is -0.497 e. The molecule has 0 aliphatic heterocycles. The van der Waals surface area contributed by atoms with Crippen LogP contribution >= 0.6 is 0 Å². The summed E-state index contributed by atoms with van der Waals surface area (Å²) in [7, 11) is 2.78. The number of nitrogens with zero attached hydrogens (tertiary/aromatic N) is 2. The molecule has 154 valence electrons. The molecule has 10 nitrogen and oxygen atoms in total. The van der Waals surface area contributed by atoms with Gasteiger partial charge in [0, 0.05) is 6.07 Å². The molecule has 0 atom stereocenters. The minimum atomic E-state index is -0.980. The zero-order chi connectivity index (χ0) is 22.1. The molecule has 0 saturated heterocycles. The van der Waals surface area contributed by atoms with Crippen molar-refractivity contribution in [3.05, 3.63) is 63.7 Å². The number of methoxy groups -OCH3 is 2. The van der Waals surface area contributed by atoms with Crippen molar-refractivity contribution >= 4 is 29.3 Å². The van der Waals surface area contributed by atoms with Gasteiger partial charge in [-0.2, -0.15) is 5.26 Å². The van der Waals surface area contributed by atoms with Crippen molar-refractivity contribution in [2.45, 2.75) is 0 Å². The van der Waals surface area contributed by atoms with Gasteiger partial charge in [-0.3, -0.25) is 14.9 Å². The first-order valence-electron chi connectivity index (χ1n) is 8.43. The summed E-state index contributed by atoms with van der Waals surface area (Å²) in [6, 6.07) is 12.0. The predicted octanol–water partition coefficient (Wildman–Crippen LogP) is 2.70. The Morgan fingerprint density at radius 3 is 2.60 bits per heavy atom. The molecule has 0 unspecified atom stereocenters. The van der Waals surface area contributed by atoms with Crippen LogP contribution in [0.2, 0.25) is 0 Å². The highest BCUT2D eigenvalue weighted by Crippen LogP contribution is 2.28. The molecule has 0 spiro atoms. The monoisotopic (exact) mass is 411 g/mol. The summed E-state index contributed by atoms with van der Waals surface area (Å²) in [5.74, 6) is -1.08. The number of carbonyl (C=O) groups excluding carboxylic acids is 2. The van der Waals surface area contributed by atoms with Gasteiger partial charge in [0.05, 0.1) is 30.9 Å². The Hall–Kier alpha value is -4.39. The summed E-state index contributed by atoms with van der Waals surface area (Å²) in [5.41, 5.74) is 0.195. The number of nitriles is 1. The van der Waals surface area contributed by atoms with Crippen LogP contribution in [-0.2, 0) is 14.3 Å². The van der Waals surface area contributed by atoms with Crippen molar-refractivity contribution in [3.8, 4) is 17.6 Å². The Morgan fingerprint density at radius 1 is 1.20 bits per heavy atom. The number of hydrogen-bond donors (Lipinski definition) is 1. The summed E-state index contributed by atoms with van der Waals surface area (Å²) in [5, 5.41) is 22.4. The fourth-order valence-corrected chi connectivity index (χ4v) is 2.33. The summed E-state index contributed by atoms with van der Waals surface area (Å²) < 4.78 is 15.0. The smallest absolute Gasteiger partial charge is 0.349 e. The molecule has 0 aromatic heterocycles. The lowest BCUT2D eigenvalue weighted by atomic mass is 10.1. The van der Waals surface area contributed by atoms with Crippen molar-refractivity contribution < 1.29 is 28.7 Å². The molecular weight excluding hydrogens is 394 g/mol. The quantitative estimate of drug-likeness (QED) is 0.230. The molecule has 0 heterocycles. The number of anilines is 1. The Labute approximate surface area is 171 Å². The second-order valence-electron chi connectivity index (χ2n) is 5.71. The third kappa shape index (κ3) is 5.80. The van der Waals surface area contributed by atoms with Gasteiger partial charge < -0.3 is 19.5 Å². The van der Waals surface area contributed by atoms with E-state index in [9.17, 15) is 25.0 Å². The molecule has 1 N–H and O–H groups in total. The molecule has 0 radical (unpaired) electrons. The van der Waals surface area contributed by atoms with Crippen molar-refractivity contribution in [3.63, 3.8) is 0 Å². The third-order valence-electron chi connectivity index (χ3n) is 3.75. The highest BCUT2D eigenvalue weighted by molar-refractivity contribution is 6.00. The standard InChI is InChI=1S/C20H17N3O7/c1-28-16-5-3-4-13(9-16)8-14(11-21)20(25)30-12-19(24)22-17-7-6-15(23(26)27)10-18(17)29-2/h3-10H,12H2,1-2H3,(H,22,24)/b14-8+. The Bertz CT molecular complexity index is 1040. The van der Waals surface area contributed by atoms with Gasteiger partial charge in [0.25, 0.3) is 11.6 Å². The number of rotatable bonds is 8. The maximum Gasteiger partial charge on any atom is 0.349 e. The fraction of sp³-hybridized carbons (Fsp3) is 0.150. The van der Waals surface area contributed by atoms with E-state index in [4.69, 9.17) is 14.2 Å². The lowest BCUT2D eigenvalue weighted by Crippen LogP contribution is -2.21. The first-order valence-corrected chi connectivity index (χ1v) is 8.43. The number of carbonyl (C=O) groups is 2. The van der Waals surface area contributed by atoms with Gasteiger partial charge in [-0.15, -0.1) is 0 Å². The molecule has 2 aromatic carbocycles. The Morgan fingerprint density at radius 2 is 1.97 bits per heavy atom. The minimum absolute atomic E-state index is 0.0690. The van der Waals surface area contributed by atoms with E-state index in [0.717, 1.165) is 6.07 Å². The van der Waals surface area contributed by atoms with E-state index < -0.39 is 23.4 Å². The van der Waals surface area contributed by atoms with Crippen LogP contribution in [0.4, 0.5) is 11.4 Å². The maximum absolute atomic E-state index is 12.1. The number of benzene rings is 2. The molecule has 1 amide bonds. The van der Waals surface area contributed by atoms with Crippen molar-refractivity contribution in [1.82, 2.24) is 0 Å². The molecule has 0 aliphatic rings. The molecule has 2 aromatic rings. The first kappa shape index (κ1) is 21.9. The third-order valence-corrected chi connectivity index (χ3v) is 3.75. The van der Waals surface area contributed by atoms with Gasteiger partial charge in [0.1, 0.15) is 23.1 Å². The normalized spacial score (nSPS) is 10.5. The van der Waals surface area contributed by atoms with Crippen LogP contribution in [0.5, 0.6) is 11.5 Å². The van der Waals surface area contributed by atoms with E-state index in [1.54, 1.807) is 30.3 Å². The van der Waals surface area contributed by atoms with Gasteiger partial charge in [-0.1, -0.05) is 12.1 Å². The summed E-state index contributed by atoms with van der Waals surface area (Å²) in [6.07, 6.45) is 1.31. The highest BCUT2D eigenvalue weighted by atomic mass is 16.6. The van der Waals surface area contributed by atoms with Gasteiger partial charge in [-0.25, -0.2) is 4.79 Å². The number of nitrogens with one attached hydrogen (secondary N) is 1. The van der Waals surface area contributed by atoms with Crippen LogP contribution in [0.15, 0.2) is 48.0 Å². The summed E-state index contributed by atoms with van der Waals surface area (Å²) in [6.45, 7) is -0.671. The molecule has 0 fully saturated rings. The topological polar surface area (TPSA) is 141 Å². The molecule has 2 rings (SSSR count). The zero-order valence-electron chi connectivity index (χ0n) is 16.1. The van der Waals surface area contributed by atoms with Crippen LogP contribution in [0.25, 0.3) is 6.08 Å². The highest BCUT2D eigenvalue weighted by Gasteiger charge is 2.16. The van der Waals surface area contributed by atoms with Gasteiger partial charge in [0.2, 0.25) is 0 Å². The second-order valence-corrected chi connectivity index (χ2v) is 5.71. The molecule has 0 bridgehead atoms. The van der Waals surface area contributed by atoms with Gasteiger partial charge in [0.15, 0.2) is 6.61 Å². The predicted molar refractivity (Wildman–Crippen MR) is 106 cm³/mol. The number of ether oxygens (including phenoxy) is 3. The van der Waals surface area contributed by atoms with Crippen LogP contribution in [0.3, 0.4) is 0 Å². The van der Waals surface area contributed by atoms with Crippen molar-refractivity contribution in [1.29, 1.82) is 5.26 Å². The first-order chi connectivity index (χ1) is 14.4. The molecule has 10 heteroatoms. The summed E-state index contributed by atoms with van der Waals surface area (Å²) >= 11 is 0. The molecular formula is C20H17N3O7. The van der Waals surface area contributed by atoms with Crippen LogP contribution in [0.1, 0.15) is 5.56 Å². The largest absolute Gasteiger partial charge is 0.497 e. The fourth-order valence-electron chi connectivity index (χ4n) is 2.33. The molecule has 30 heavy (non-hydrogen) atoms. The Balaban J connectivity index is 2.02. The number of nitro groups is 1. The number of hydrogen-bond acceptors (Lipinski definition) is 8. The van der Waals surface area contributed by atoms with Crippen LogP contribution < -0.4 is 14.8 Å².